The number of terminal acetylenes is 1. The molecule has 11 heteroatoms. The molecule has 4 atom stereocenters. The fraction of sp³-hybridized carbons (Fsp3) is 0.424. The van der Waals surface area contributed by atoms with Gasteiger partial charge < -0.3 is 20.1 Å². The monoisotopic (exact) mass is 601 g/mol. The molecule has 2 unspecified atom stereocenters. The number of anilines is 1. The summed E-state index contributed by atoms with van der Waals surface area (Å²) in [5.41, 5.74) is -1.52. The zero-order valence-electron chi connectivity index (χ0n) is 26.8. The number of pyridine rings is 1. The summed E-state index contributed by atoms with van der Waals surface area (Å²) in [4.78, 5) is 27.2. The van der Waals surface area contributed by atoms with E-state index in [0.29, 0.717) is 23.1 Å². The van der Waals surface area contributed by atoms with E-state index >= 15 is 0 Å². The maximum Gasteiger partial charge on any atom is 0.319 e. The molecule has 5 saturated heterocycles. The Morgan fingerprint density at radius 2 is 2.16 bits per heavy atom. The van der Waals surface area contributed by atoms with Gasteiger partial charge in [-0.15, -0.1) is 6.42 Å². The molecule has 4 aromatic rings. The van der Waals surface area contributed by atoms with Gasteiger partial charge in [-0.25, -0.2) is 8.78 Å². The molecule has 44 heavy (non-hydrogen) atoms. The molecule has 7 heterocycles. The maximum atomic E-state index is 15.0. The summed E-state index contributed by atoms with van der Waals surface area (Å²) in [7, 11) is 0. The van der Waals surface area contributed by atoms with Gasteiger partial charge in [0, 0.05) is 58.5 Å². The number of halogens is 2. The normalized spacial score (nSPS) is 30.2. The topological polar surface area (TPSA) is 95.8 Å². The van der Waals surface area contributed by atoms with Gasteiger partial charge in [0.05, 0.1) is 23.5 Å². The standard InChI is InChI=1S/C33H32F2N6O3/c1-2-24-26(35)7-4-19-12-23(42)13-27(28(19)24)40-11-8-25-29(31(40)43)37-32(38-30(25)41-17-21-5-6-22(41)15-36-21)44-18-33-9-3-10-39(33)16-20(34)14-33/h1,4,7-8,11-13,20-22,36,42H,3,5-6,9-10,14-18H2/t20-,21?,22?,33+/m1/s1/i10D2,20D. The van der Waals surface area contributed by atoms with E-state index in [-0.39, 0.29) is 78.4 Å². The molecule has 0 amide bonds. The van der Waals surface area contributed by atoms with E-state index in [1.54, 1.807) is 6.07 Å². The number of aromatic hydroxyl groups is 1. The molecule has 5 aliphatic rings. The summed E-state index contributed by atoms with van der Waals surface area (Å²) in [6.07, 6.45) is 7.06. The van der Waals surface area contributed by atoms with Crippen LogP contribution in [-0.2, 0) is 0 Å². The quantitative estimate of drug-likeness (QED) is 0.335. The summed E-state index contributed by atoms with van der Waals surface area (Å²) in [5, 5.41) is 15.3. The molecular formula is C33H32F2N6O3. The van der Waals surface area contributed by atoms with Crippen molar-refractivity contribution in [3.05, 3.63) is 58.3 Å². The van der Waals surface area contributed by atoms with Gasteiger partial charge in [-0.2, -0.15) is 9.97 Å². The number of fused-ring (bicyclic) bond motifs is 6. The van der Waals surface area contributed by atoms with Gasteiger partial charge >= 0.3 is 6.01 Å². The zero-order valence-corrected chi connectivity index (χ0v) is 23.8. The maximum absolute atomic E-state index is 15.0. The average Bonchev–Trinajstić information content (AvgIpc) is 3.47. The van der Waals surface area contributed by atoms with Crippen LogP contribution in [-0.4, -0.2) is 81.0 Å². The minimum absolute atomic E-state index is 0.0138. The van der Waals surface area contributed by atoms with Crippen molar-refractivity contribution in [2.24, 2.45) is 0 Å². The number of phenolic OH excluding ortho intramolecular Hbond substituents is 1. The molecule has 0 saturated carbocycles. The van der Waals surface area contributed by atoms with Crippen LogP contribution in [0.15, 0.2) is 41.3 Å². The highest BCUT2D eigenvalue weighted by molar-refractivity contribution is 5.97. The van der Waals surface area contributed by atoms with Crippen molar-refractivity contribution >= 4 is 27.5 Å². The first-order valence-corrected chi connectivity index (χ1v) is 14.8. The van der Waals surface area contributed by atoms with Gasteiger partial charge in [0.1, 0.15) is 35.7 Å². The minimum atomic E-state index is -2.33. The van der Waals surface area contributed by atoms with Crippen LogP contribution in [0.4, 0.5) is 14.6 Å². The van der Waals surface area contributed by atoms with Crippen LogP contribution in [0.25, 0.3) is 27.4 Å². The highest BCUT2D eigenvalue weighted by Crippen LogP contribution is 2.41. The van der Waals surface area contributed by atoms with Crippen LogP contribution in [0.1, 0.15) is 41.8 Å². The second-order valence-corrected chi connectivity index (χ2v) is 12.2. The molecule has 2 aromatic carbocycles. The minimum Gasteiger partial charge on any atom is -0.508 e. The Labute approximate surface area is 256 Å². The van der Waals surface area contributed by atoms with E-state index in [2.05, 4.69) is 21.1 Å². The van der Waals surface area contributed by atoms with E-state index in [1.165, 1.54) is 39.9 Å². The summed E-state index contributed by atoms with van der Waals surface area (Å²) in [6.45, 7) is -0.933. The van der Waals surface area contributed by atoms with Gasteiger partial charge in [0.15, 0.2) is 0 Å². The molecule has 226 valence electrons. The lowest BCUT2D eigenvalue weighted by molar-refractivity contribution is 0.107. The highest BCUT2D eigenvalue weighted by atomic mass is 19.1. The third kappa shape index (κ3) is 4.23. The molecule has 9 rings (SSSR count). The Morgan fingerprint density at radius 1 is 1.27 bits per heavy atom. The number of aromatic nitrogens is 3. The number of nitrogens with zero attached hydrogens (tertiary/aromatic N) is 5. The van der Waals surface area contributed by atoms with Crippen LogP contribution in [0, 0.1) is 18.2 Å². The highest BCUT2D eigenvalue weighted by Gasteiger charge is 2.49. The molecule has 2 bridgehead atoms. The molecule has 2 aromatic heterocycles. The fourth-order valence-electron chi connectivity index (χ4n) is 7.38. The summed E-state index contributed by atoms with van der Waals surface area (Å²) in [5.74, 6) is 2.09. The number of alkyl halides is 1. The van der Waals surface area contributed by atoms with Crippen molar-refractivity contribution < 1.29 is 22.7 Å². The van der Waals surface area contributed by atoms with Crippen molar-refractivity contribution in [1.29, 1.82) is 0 Å². The Kier molecular flexibility index (Phi) is 5.55. The number of hydrogen-bond acceptors (Lipinski definition) is 8. The largest absolute Gasteiger partial charge is 0.508 e. The number of benzene rings is 2. The second-order valence-electron chi connectivity index (χ2n) is 12.2. The van der Waals surface area contributed by atoms with E-state index < -0.39 is 29.6 Å². The molecule has 0 radical (unpaired) electrons. The lowest BCUT2D eigenvalue weighted by atomic mass is 9.93. The Bertz CT molecular complexity index is 2060. The van der Waals surface area contributed by atoms with Crippen molar-refractivity contribution in [3.63, 3.8) is 0 Å². The molecular weight excluding hydrogens is 566 g/mol. The fourth-order valence-corrected chi connectivity index (χ4v) is 7.38. The first-order valence-electron chi connectivity index (χ1n) is 16.3. The number of ether oxygens (including phenoxy) is 1. The molecule has 0 spiro atoms. The van der Waals surface area contributed by atoms with Crippen LogP contribution in [0.3, 0.4) is 0 Å². The van der Waals surface area contributed by atoms with Crippen LogP contribution < -0.4 is 20.5 Å². The first kappa shape index (κ1) is 24.1. The van der Waals surface area contributed by atoms with E-state index in [0.717, 1.165) is 19.4 Å². The number of piperidine rings is 2. The van der Waals surface area contributed by atoms with E-state index in [1.807, 2.05) is 0 Å². The lowest BCUT2D eigenvalue weighted by Crippen LogP contribution is -2.61. The van der Waals surface area contributed by atoms with E-state index in [4.69, 9.17) is 20.3 Å². The third-order valence-electron chi connectivity index (χ3n) is 9.56. The third-order valence-corrected chi connectivity index (χ3v) is 9.56. The number of phenols is 1. The number of rotatable bonds is 5. The Hall–Kier alpha value is -4.27. The summed E-state index contributed by atoms with van der Waals surface area (Å²) >= 11 is 0. The van der Waals surface area contributed by atoms with Gasteiger partial charge in [-0.05, 0) is 55.8 Å². The lowest BCUT2D eigenvalue weighted by Gasteiger charge is -2.46. The van der Waals surface area contributed by atoms with Crippen molar-refractivity contribution in [2.75, 3.05) is 37.6 Å². The van der Waals surface area contributed by atoms with Gasteiger partial charge in [-0.1, -0.05) is 12.0 Å². The number of hydrogen-bond donors (Lipinski definition) is 2. The smallest absolute Gasteiger partial charge is 0.319 e. The molecule has 0 aliphatic carbocycles. The SMILES string of the molecule is [2H]C1([2H])CC[C@@]2(COc3nc(N4CC5CCC4CN5)c4ccn(-c5cc(O)cc6ccc(F)c(C#C)c56)c(=O)c4n3)C[C@@]([2H])(F)CN12. The van der Waals surface area contributed by atoms with Crippen LogP contribution >= 0.6 is 0 Å². The van der Waals surface area contributed by atoms with Crippen molar-refractivity contribution in [2.45, 2.75) is 55.9 Å². The molecule has 2 N–H and O–H groups in total. The average molecular weight is 602 g/mol. The zero-order chi connectivity index (χ0) is 32.9. The Balaban J connectivity index is 1.28. The van der Waals surface area contributed by atoms with Crippen LogP contribution in [0.5, 0.6) is 11.8 Å². The number of nitrogens with one attached hydrogen (secondary N) is 1. The molecule has 9 nitrogen and oxygen atoms in total. The van der Waals surface area contributed by atoms with Crippen molar-refractivity contribution in [1.82, 2.24) is 24.8 Å². The predicted octanol–water partition coefficient (Wildman–Crippen LogP) is 3.66. The first-order chi connectivity index (χ1) is 22.4. The number of piperazine rings is 1. The molecule has 5 aliphatic heterocycles. The van der Waals surface area contributed by atoms with Crippen LogP contribution in [0.2, 0.25) is 0 Å². The predicted molar refractivity (Wildman–Crippen MR) is 163 cm³/mol. The van der Waals surface area contributed by atoms with Gasteiger partial charge in [-0.3, -0.25) is 14.3 Å². The van der Waals surface area contributed by atoms with Gasteiger partial charge in [0.25, 0.3) is 5.56 Å². The summed E-state index contributed by atoms with van der Waals surface area (Å²) < 4.78 is 62.2. The van der Waals surface area contributed by atoms with Gasteiger partial charge in [0.2, 0.25) is 0 Å². The summed E-state index contributed by atoms with van der Waals surface area (Å²) in [6, 6.07) is 7.41. The Morgan fingerprint density at radius 3 is 2.93 bits per heavy atom. The van der Waals surface area contributed by atoms with E-state index in [9.17, 15) is 18.7 Å². The molecule has 5 fully saturated rings. The van der Waals surface area contributed by atoms with Crippen molar-refractivity contribution in [3.8, 4) is 29.8 Å². The second kappa shape index (κ2) is 10.1.